The fraction of sp³-hybridized carbons (Fsp3) is 0.222. The number of nitrogens with one attached hydrogen (secondary N) is 1. The van der Waals surface area contributed by atoms with E-state index in [0.29, 0.717) is 6.29 Å². The third kappa shape index (κ3) is 3.25. The van der Waals surface area contributed by atoms with E-state index in [1.54, 1.807) is 6.26 Å². The van der Waals surface area contributed by atoms with Gasteiger partial charge in [-0.25, -0.2) is 14.8 Å². The van der Waals surface area contributed by atoms with Gasteiger partial charge < -0.3 is 15.2 Å². The summed E-state index contributed by atoms with van der Waals surface area (Å²) in [6.07, 6.45) is 3.26. The summed E-state index contributed by atoms with van der Waals surface area (Å²) < 4.78 is 0. The predicted octanol–water partition coefficient (Wildman–Crippen LogP) is -0.175. The quantitative estimate of drug-likeness (QED) is 0.427. The summed E-state index contributed by atoms with van der Waals surface area (Å²) in [4.78, 5) is 40.1. The molecule has 17 heavy (non-hydrogen) atoms. The van der Waals surface area contributed by atoms with Crippen molar-refractivity contribution in [1.82, 2.24) is 15.3 Å². The number of amides is 1. The number of hydrogen-bond donors (Lipinski definition) is 2. The van der Waals surface area contributed by atoms with Gasteiger partial charge in [-0.2, -0.15) is 0 Å². The summed E-state index contributed by atoms with van der Waals surface area (Å²) in [5.41, 5.74) is -0.551. The van der Waals surface area contributed by atoms with Crippen LogP contribution in [0.2, 0.25) is 0 Å². The molecule has 0 fully saturated rings. The van der Waals surface area contributed by atoms with Gasteiger partial charge in [-0.05, 0) is 6.26 Å². The Morgan fingerprint density at radius 2 is 2.29 bits per heavy atom. The summed E-state index contributed by atoms with van der Waals surface area (Å²) in [6, 6.07) is 0. The molecule has 1 amide bonds. The minimum atomic E-state index is -1.30. The second kappa shape index (κ2) is 5.94. The maximum absolute atomic E-state index is 11.6. The van der Waals surface area contributed by atoms with Crippen molar-refractivity contribution in [3.8, 4) is 0 Å². The van der Waals surface area contributed by atoms with E-state index in [2.05, 4.69) is 15.3 Å². The number of carboxylic acids is 1. The van der Waals surface area contributed by atoms with Crippen LogP contribution in [0.25, 0.3) is 0 Å². The predicted molar refractivity (Wildman–Crippen MR) is 59.2 cm³/mol. The number of thioether (sulfide) groups is 1. The number of aromatic carboxylic acids is 1. The Labute approximate surface area is 101 Å². The Morgan fingerprint density at radius 3 is 2.82 bits per heavy atom. The number of hydrogen-bond acceptors (Lipinski definition) is 6. The Balaban J connectivity index is 3.12. The molecular weight excluding hydrogens is 246 g/mol. The molecule has 0 radical (unpaired) electrons. The number of carbonyl (C=O) groups is 3. The van der Waals surface area contributed by atoms with E-state index in [0.717, 1.165) is 6.20 Å². The van der Waals surface area contributed by atoms with E-state index >= 15 is 0 Å². The van der Waals surface area contributed by atoms with Gasteiger partial charge in [0.1, 0.15) is 17.5 Å². The molecule has 0 atom stereocenters. The van der Waals surface area contributed by atoms with Crippen molar-refractivity contribution in [2.75, 3.05) is 12.8 Å². The first-order valence-corrected chi connectivity index (χ1v) is 5.68. The average molecular weight is 255 g/mol. The van der Waals surface area contributed by atoms with Gasteiger partial charge in [-0.3, -0.25) is 4.79 Å². The van der Waals surface area contributed by atoms with Crippen LogP contribution in [0.15, 0.2) is 11.4 Å². The molecule has 0 aliphatic carbocycles. The molecule has 0 unspecified atom stereocenters. The van der Waals surface area contributed by atoms with Gasteiger partial charge >= 0.3 is 5.97 Å². The van der Waals surface area contributed by atoms with Gasteiger partial charge in [0.15, 0.2) is 5.16 Å². The second-order valence-electron chi connectivity index (χ2n) is 2.80. The van der Waals surface area contributed by atoms with Crippen LogP contribution in [0, 0.1) is 0 Å². The zero-order valence-corrected chi connectivity index (χ0v) is 9.65. The zero-order chi connectivity index (χ0) is 12.8. The van der Waals surface area contributed by atoms with Crippen molar-refractivity contribution < 1.29 is 19.5 Å². The van der Waals surface area contributed by atoms with Crippen molar-refractivity contribution in [1.29, 1.82) is 0 Å². The van der Waals surface area contributed by atoms with Gasteiger partial charge in [-0.15, -0.1) is 0 Å². The number of carbonyl (C=O) groups excluding carboxylic acids is 2. The number of aromatic nitrogens is 2. The van der Waals surface area contributed by atoms with Gasteiger partial charge in [0.05, 0.1) is 6.54 Å². The highest BCUT2D eigenvalue weighted by molar-refractivity contribution is 7.98. The number of nitrogens with zero attached hydrogens (tertiary/aromatic N) is 2. The van der Waals surface area contributed by atoms with Crippen LogP contribution in [0.4, 0.5) is 0 Å². The Kier molecular flexibility index (Phi) is 4.58. The monoisotopic (exact) mass is 255 g/mol. The average Bonchev–Trinajstić information content (AvgIpc) is 2.34. The highest BCUT2D eigenvalue weighted by Crippen LogP contribution is 2.12. The molecule has 1 aromatic heterocycles. The lowest BCUT2D eigenvalue weighted by atomic mass is 10.2. The van der Waals surface area contributed by atoms with E-state index in [1.807, 2.05) is 0 Å². The molecule has 0 bridgehead atoms. The van der Waals surface area contributed by atoms with Gasteiger partial charge in [0.25, 0.3) is 5.91 Å². The smallest absolute Gasteiger partial charge is 0.339 e. The summed E-state index contributed by atoms with van der Waals surface area (Å²) in [7, 11) is 0. The molecule has 0 aromatic carbocycles. The van der Waals surface area contributed by atoms with Gasteiger partial charge in [0, 0.05) is 6.20 Å². The molecule has 1 aromatic rings. The summed E-state index contributed by atoms with van der Waals surface area (Å²) >= 11 is 1.18. The lowest BCUT2D eigenvalue weighted by molar-refractivity contribution is -0.107. The molecule has 8 heteroatoms. The van der Waals surface area contributed by atoms with Crippen molar-refractivity contribution in [2.45, 2.75) is 5.16 Å². The van der Waals surface area contributed by atoms with Crippen LogP contribution >= 0.6 is 11.8 Å². The van der Waals surface area contributed by atoms with E-state index in [4.69, 9.17) is 5.11 Å². The molecular formula is C9H9N3O4S. The van der Waals surface area contributed by atoms with Crippen LogP contribution in [-0.2, 0) is 4.79 Å². The Bertz CT molecular complexity index is 464. The van der Waals surface area contributed by atoms with Crippen LogP contribution in [0.1, 0.15) is 20.8 Å². The van der Waals surface area contributed by atoms with E-state index < -0.39 is 11.9 Å². The third-order valence-electron chi connectivity index (χ3n) is 1.74. The largest absolute Gasteiger partial charge is 0.478 e. The van der Waals surface area contributed by atoms with Gasteiger partial charge in [0.2, 0.25) is 0 Å². The second-order valence-corrected chi connectivity index (χ2v) is 3.57. The molecule has 0 saturated heterocycles. The minimum absolute atomic E-state index is 0.198. The zero-order valence-electron chi connectivity index (χ0n) is 8.84. The molecule has 0 spiro atoms. The normalized spacial score (nSPS) is 9.71. The Hall–Kier alpha value is -1.96. The standard InChI is InChI=1S/C9H9N3O4S/c1-17-9-11-4-5(8(15)16)6(12-9)7(14)10-2-3-13/h3-4H,2H2,1H3,(H,10,14)(H,15,16). The van der Waals surface area contributed by atoms with E-state index in [1.165, 1.54) is 11.8 Å². The first-order chi connectivity index (χ1) is 8.10. The fourth-order valence-corrected chi connectivity index (χ4v) is 1.35. The molecule has 1 rings (SSSR count). The molecule has 90 valence electrons. The molecule has 2 N–H and O–H groups in total. The highest BCUT2D eigenvalue weighted by Gasteiger charge is 2.19. The maximum atomic E-state index is 11.6. The SMILES string of the molecule is CSc1ncc(C(=O)O)c(C(=O)NCC=O)n1. The van der Waals surface area contributed by atoms with Gasteiger partial charge in [-0.1, -0.05) is 11.8 Å². The number of aldehydes is 1. The van der Waals surface area contributed by atoms with Crippen molar-refractivity contribution in [3.63, 3.8) is 0 Å². The van der Waals surface area contributed by atoms with E-state index in [9.17, 15) is 14.4 Å². The van der Waals surface area contributed by atoms with Crippen molar-refractivity contribution in [3.05, 3.63) is 17.5 Å². The van der Waals surface area contributed by atoms with Crippen LogP contribution in [0.3, 0.4) is 0 Å². The summed E-state index contributed by atoms with van der Waals surface area (Å²) in [5, 5.41) is 11.4. The lowest BCUT2D eigenvalue weighted by Crippen LogP contribution is -2.28. The van der Waals surface area contributed by atoms with Crippen molar-refractivity contribution in [2.24, 2.45) is 0 Å². The van der Waals surface area contributed by atoms with Crippen LogP contribution in [-0.4, -0.2) is 46.0 Å². The van der Waals surface area contributed by atoms with E-state index in [-0.39, 0.29) is 23.0 Å². The molecule has 0 aliphatic rings. The third-order valence-corrected chi connectivity index (χ3v) is 2.30. The highest BCUT2D eigenvalue weighted by atomic mass is 32.2. The lowest BCUT2D eigenvalue weighted by Gasteiger charge is -2.05. The first kappa shape index (κ1) is 13.1. The number of rotatable bonds is 5. The first-order valence-electron chi connectivity index (χ1n) is 4.46. The summed E-state index contributed by atoms with van der Waals surface area (Å²) in [6.45, 7) is -0.198. The molecule has 0 saturated carbocycles. The molecule has 0 aliphatic heterocycles. The van der Waals surface area contributed by atoms with Crippen molar-refractivity contribution >= 4 is 29.9 Å². The maximum Gasteiger partial charge on any atom is 0.339 e. The fourth-order valence-electron chi connectivity index (χ4n) is 1.01. The van der Waals surface area contributed by atoms with Crippen LogP contribution in [0.5, 0.6) is 0 Å². The Morgan fingerprint density at radius 1 is 1.59 bits per heavy atom. The minimum Gasteiger partial charge on any atom is -0.478 e. The summed E-state index contributed by atoms with van der Waals surface area (Å²) in [5.74, 6) is -2.01. The topological polar surface area (TPSA) is 109 Å². The number of carboxylic acid groups (broad SMARTS) is 1. The molecule has 1 heterocycles. The molecule has 7 nitrogen and oxygen atoms in total. The van der Waals surface area contributed by atoms with Crippen LogP contribution < -0.4 is 5.32 Å².